The maximum atomic E-state index is 12.3. The van der Waals surface area contributed by atoms with Gasteiger partial charge in [0.15, 0.2) is 0 Å². The van der Waals surface area contributed by atoms with Gasteiger partial charge in [-0.25, -0.2) is 0 Å². The zero-order valence-corrected chi connectivity index (χ0v) is 12.9. The molecule has 5 heteroatoms. The van der Waals surface area contributed by atoms with Crippen molar-refractivity contribution >= 4 is 11.8 Å². The Balaban J connectivity index is 1.73. The van der Waals surface area contributed by atoms with Gasteiger partial charge in [0.05, 0.1) is 12.6 Å². The predicted octanol–water partition coefficient (Wildman–Crippen LogP) is 1.45. The van der Waals surface area contributed by atoms with Crippen LogP contribution in [0.3, 0.4) is 0 Å². The van der Waals surface area contributed by atoms with Crippen molar-refractivity contribution in [3.63, 3.8) is 0 Å². The fourth-order valence-electron chi connectivity index (χ4n) is 3.46. The molecule has 1 saturated heterocycles. The summed E-state index contributed by atoms with van der Waals surface area (Å²) in [4.78, 5) is 26.0. The van der Waals surface area contributed by atoms with Crippen molar-refractivity contribution in [1.29, 1.82) is 0 Å². The molecular weight excluding hydrogens is 268 g/mol. The molecule has 2 rings (SSSR count). The third-order valence-electron chi connectivity index (χ3n) is 4.77. The number of hydrogen-bond acceptors (Lipinski definition) is 3. The van der Waals surface area contributed by atoms with E-state index in [9.17, 15) is 14.7 Å². The van der Waals surface area contributed by atoms with Gasteiger partial charge < -0.3 is 15.3 Å². The first-order valence-corrected chi connectivity index (χ1v) is 8.40. The van der Waals surface area contributed by atoms with Crippen LogP contribution < -0.4 is 5.32 Å². The highest BCUT2D eigenvalue weighted by Gasteiger charge is 2.25. The molecule has 0 bridgehead atoms. The van der Waals surface area contributed by atoms with Gasteiger partial charge in [-0.15, -0.1) is 0 Å². The Kier molecular flexibility index (Phi) is 6.49. The summed E-state index contributed by atoms with van der Waals surface area (Å²) in [6.45, 7) is 1.20. The van der Waals surface area contributed by atoms with Crippen LogP contribution >= 0.6 is 0 Å². The van der Waals surface area contributed by atoms with E-state index in [2.05, 4.69) is 5.32 Å². The number of nitrogens with one attached hydrogen (secondary N) is 1. The lowest BCUT2D eigenvalue weighted by atomic mass is 10.1. The Morgan fingerprint density at radius 3 is 2.48 bits per heavy atom. The second-order valence-electron chi connectivity index (χ2n) is 6.30. The number of aliphatic hydroxyl groups is 1. The predicted molar refractivity (Wildman–Crippen MR) is 80.6 cm³/mol. The Morgan fingerprint density at radius 1 is 1.05 bits per heavy atom. The molecule has 1 aliphatic carbocycles. The first-order chi connectivity index (χ1) is 10.2. The number of nitrogens with zero attached hydrogens (tertiary/aromatic N) is 1. The van der Waals surface area contributed by atoms with Crippen LogP contribution in [-0.4, -0.2) is 47.6 Å². The molecule has 0 spiro atoms. The highest BCUT2D eigenvalue weighted by atomic mass is 16.3. The Bertz CT molecular complexity index is 353. The standard InChI is InChI=1S/C16H28N2O3/c19-12-14-8-2-1-5-11-18(14)15(20)9-10-17-16(21)13-6-3-4-7-13/h13-14,19H,1-12H2,(H,17,21). The van der Waals surface area contributed by atoms with Gasteiger partial charge in [-0.1, -0.05) is 25.7 Å². The van der Waals surface area contributed by atoms with Gasteiger partial charge in [0, 0.05) is 25.4 Å². The molecule has 1 heterocycles. The number of carbonyl (C=O) groups is 2. The molecule has 2 fully saturated rings. The van der Waals surface area contributed by atoms with E-state index >= 15 is 0 Å². The Hall–Kier alpha value is -1.10. The first kappa shape index (κ1) is 16.3. The van der Waals surface area contributed by atoms with Gasteiger partial charge in [-0.3, -0.25) is 9.59 Å². The molecule has 21 heavy (non-hydrogen) atoms. The minimum absolute atomic E-state index is 0.0365. The van der Waals surface area contributed by atoms with Crippen molar-refractivity contribution < 1.29 is 14.7 Å². The normalized spacial score (nSPS) is 23.9. The molecule has 0 radical (unpaired) electrons. The summed E-state index contributed by atoms with van der Waals surface area (Å²) in [7, 11) is 0. The fourth-order valence-corrected chi connectivity index (χ4v) is 3.46. The SMILES string of the molecule is O=C(NCCC(=O)N1CCCCCC1CO)C1CCCC1. The van der Waals surface area contributed by atoms with Crippen LogP contribution in [0.25, 0.3) is 0 Å². The molecule has 2 aliphatic rings. The van der Waals surface area contributed by atoms with Gasteiger partial charge in [0.2, 0.25) is 11.8 Å². The van der Waals surface area contributed by atoms with E-state index in [4.69, 9.17) is 0 Å². The topological polar surface area (TPSA) is 69.6 Å². The smallest absolute Gasteiger partial charge is 0.224 e. The van der Waals surface area contributed by atoms with Crippen molar-refractivity contribution in [3.05, 3.63) is 0 Å². The van der Waals surface area contributed by atoms with Gasteiger partial charge in [0.1, 0.15) is 0 Å². The van der Waals surface area contributed by atoms with Gasteiger partial charge in [-0.05, 0) is 25.7 Å². The van der Waals surface area contributed by atoms with E-state index in [0.717, 1.165) is 57.9 Å². The first-order valence-electron chi connectivity index (χ1n) is 8.40. The minimum Gasteiger partial charge on any atom is -0.394 e. The number of hydrogen-bond donors (Lipinski definition) is 2. The van der Waals surface area contributed by atoms with Crippen molar-refractivity contribution in [1.82, 2.24) is 10.2 Å². The molecule has 0 aromatic heterocycles. The fraction of sp³-hybridized carbons (Fsp3) is 0.875. The van der Waals surface area contributed by atoms with Crippen LogP contribution in [0.15, 0.2) is 0 Å². The molecule has 5 nitrogen and oxygen atoms in total. The van der Waals surface area contributed by atoms with Crippen LogP contribution in [0.2, 0.25) is 0 Å². The molecule has 1 saturated carbocycles. The third kappa shape index (κ3) is 4.70. The second kappa shape index (κ2) is 8.37. The molecule has 1 aliphatic heterocycles. The number of carbonyl (C=O) groups excluding carboxylic acids is 2. The van der Waals surface area contributed by atoms with Crippen molar-refractivity contribution in [2.75, 3.05) is 19.7 Å². The van der Waals surface area contributed by atoms with Crippen molar-refractivity contribution in [3.8, 4) is 0 Å². The summed E-state index contributed by atoms with van der Waals surface area (Å²) in [5.41, 5.74) is 0. The number of amides is 2. The van der Waals surface area contributed by atoms with Crippen LogP contribution in [0.5, 0.6) is 0 Å². The lowest BCUT2D eigenvalue weighted by Crippen LogP contribution is -2.43. The Labute approximate surface area is 127 Å². The zero-order chi connectivity index (χ0) is 15.1. The maximum Gasteiger partial charge on any atom is 0.224 e. The van der Waals surface area contributed by atoms with E-state index in [-0.39, 0.29) is 30.4 Å². The average Bonchev–Trinajstić information content (AvgIpc) is 2.92. The maximum absolute atomic E-state index is 12.3. The van der Waals surface area contributed by atoms with E-state index in [1.54, 1.807) is 0 Å². The average molecular weight is 296 g/mol. The lowest BCUT2D eigenvalue weighted by molar-refractivity contribution is -0.134. The second-order valence-corrected chi connectivity index (χ2v) is 6.30. The van der Waals surface area contributed by atoms with Crippen LogP contribution in [0.4, 0.5) is 0 Å². The van der Waals surface area contributed by atoms with Gasteiger partial charge in [0.25, 0.3) is 0 Å². The molecular formula is C16H28N2O3. The summed E-state index contributed by atoms with van der Waals surface area (Å²) in [5, 5.41) is 12.3. The van der Waals surface area contributed by atoms with Crippen LogP contribution in [0.1, 0.15) is 57.8 Å². The summed E-state index contributed by atoms with van der Waals surface area (Å²) in [5.74, 6) is 0.320. The number of likely N-dealkylation sites (tertiary alicyclic amines) is 1. The van der Waals surface area contributed by atoms with Crippen molar-refractivity contribution in [2.45, 2.75) is 63.8 Å². The summed E-state index contributed by atoms with van der Waals surface area (Å²) in [6, 6.07) is -0.0365. The summed E-state index contributed by atoms with van der Waals surface area (Å²) >= 11 is 0. The van der Waals surface area contributed by atoms with Crippen LogP contribution in [0, 0.1) is 5.92 Å². The van der Waals surface area contributed by atoms with E-state index in [1.807, 2.05) is 4.90 Å². The molecule has 1 unspecified atom stereocenters. The lowest BCUT2D eigenvalue weighted by Gasteiger charge is -2.28. The molecule has 2 N–H and O–H groups in total. The van der Waals surface area contributed by atoms with E-state index < -0.39 is 0 Å². The quantitative estimate of drug-likeness (QED) is 0.806. The molecule has 0 aromatic rings. The van der Waals surface area contributed by atoms with Gasteiger partial charge in [-0.2, -0.15) is 0 Å². The monoisotopic (exact) mass is 296 g/mol. The van der Waals surface area contributed by atoms with E-state index in [1.165, 1.54) is 0 Å². The zero-order valence-electron chi connectivity index (χ0n) is 12.9. The van der Waals surface area contributed by atoms with Gasteiger partial charge >= 0.3 is 0 Å². The molecule has 120 valence electrons. The van der Waals surface area contributed by atoms with Crippen molar-refractivity contribution in [2.24, 2.45) is 5.92 Å². The summed E-state index contributed by atoms with van der Waals surface area (Å²) in [6.07, 6.45) is 8.69. The third-order valence-corrected chi connectivity index (χ3v) is 4.77. The largest absolute Gasteiger partial charge is 0.394 e. The summed E-state index contributed by atoms with van der Waals surface area (Å²) < 4.78 is 0. The number of rotatable bonds is 5. The van der Waals surface area contributed by atoms with E-state index in [0.29, 0.717) is 13.0 Å². The molecule has 2 amide bonds. The molecule has 1 atom stereocenters. The number of aliphatic hydroxyl groups excluding tert-OH is 1. The Morgan fingerprint density at radius 2 is 1.76 bits per heavy atom. The highest BCUT2D eigenvalue weighted by Crippen LogP contribution is 2.24. The molecule has 0 aromatic carbocycles. The minimum atomic E-state index is -0.0365. The van der Waals surface area contributed by atoms with Crippen LogP contribution in [-0.2, 0) is 9.59 Å². The highest BCUT2D eigenvalue weighted by molar-refractivity contribution is 5.80.